The van der Waals surface area contributed by atoms with Gasteiger partial charge in [-0.3, -0.25) is 4.79 Å². The minimum atomic E-state index is -0.0207. The van der Waals surface area contributed by atoms with Crippen molar-refractivity contribution in [3.8, 4) is 0 Å². The number of hydrogen-bond donors (Lipinski definition) is 2. The van der Waals surface area contributed by atoms with Crippen molar-refractivity contribution in [1.29, 1.82) is 0 Å². The van der Waals surface area contributed by atoms with Gasteiger partial charge in [0.05, 0.1) is 0 Å². The van der Waals surface area contributed by atoms with Crippen molar-refractivity contribution in [2.24, 2.45) is 5.73 Å². The Morgan fingerprint density at radius 1 is 1.30 bits per heavy atom. The van der Waals surface area contributed by atoms with Crippen LogP contribution in [-0.2, 0) is 0 Å². The van der Waals surface area contributed by atoms with Crippen molar-refractivity contribution in [3.05, 3.63) is 22.2 Å². The Bertz CT molecular complexity index is 503. The Kier molecular flexibility index (Phi) is 4.05. The first-order valence-corrected chi connectivity index (χ1v) is 7.86. The molecule has 1 heterocycles. The van der Waals surface area contributed by atoms with Crippen molar-refractivity contribution in [1.82, 2.24) is 9.97 Å². The maximum atomic E-state index is 11.9. The summed E-state index contributed by atoms with van der Waals surface area (Å²) < 4.78 is 0. The Labute approximate surface area is 119 Å². The molecule has 2 aliphatic carbocycles. The fraction of sp³-hybridized carbons (Fsp3) is 0.733. The second kappa shape index (κ2) is 5.95. The minimum Gasteiger partial charge on any atom is -0.353 e. The van der Waals surface area contributed by atoms with E-state index in [-0.39, 0.29) is 5.56 Å². The van der Waals surface area contributed by atoms with E-state index in [2.05, 4.69) is 9.88 Å². The van der Waals surface area contributed by atoms with Crippen LogP contribution in [0.2, 0.25) is 0 Å². The van der Waals surface area contributed by atoms with E-state index in [9.17, 15) is 4.79 Å². The van der Waals surface area contributed by atoms with Crippen LogP contribution < -0.4 is 16.2 Å². The van der Waals surface area contributed by atoms with Crippen LogP contribution in [0.5, 0.6) is 0 Å². The quantitative estimate of drug-likeness (QED) is 0.830. The van der Waals surface area contributed by atoms with E-state index in [0.29, 0.717) is 18.5 Å². The molecule has 0 bridgehead atoms. The predicted octanol–water partition coefficient (Wildman–Crippen LogP) is 1.75. The van der Waals surface area contributed by atoms with Crippen LogP contribution in [0.1, 0.15) is 56.7 Å². The van der Waals surface area contributed by atoms with Crippen molar-refractivity contribution >= 4 is 5.82 Å². The highest BCUT2D eigenvalue weighted by Crippen LogP contribution is 2.38. The summed E-state index contributed by atoms with van der Waals surface area (Å²) in [5.74, 6) is 2.21. The van der Waals surface area contributed by atoms with Crippen molar-refractivity contribution in [3.63, 3.8) is 0 Å². The summed E-state index contributed by atoms with van der Waals surface area (Å²) in [7, 11) is 0. The average Bonchev–Trinajstić information content (AvgIpc) is 3.16. The van der Waals surface area contributed by atoms with Gasteiger partial charge in [0.1, 0.15) is 11.6 Å². The third-order valence-electron chi connectivity index (χ3n) is 4.37. The molecule has 0 atom stereocenters. The van der Waals surface area contributed by atoms with Crippen LogP contribution in [0, 0.1) is 0 Å². The Balaban J connectivity index is 1.86. The number of aromatic amines is 1. The topological polar surface area (TPSA) is 75.0 Å². The van der Waals surface area contributed by atoms with Gasteiger partial charge in [0.15, 0.2) is 0 Å². The third-order valence-corrected chi connectivity index (χ3v) is 4.37. The zero-order valence-electron chi connectivity index (χ0n) is 12.0. The summed E-state index contributed by atoms with van der Waals surface area (Å²) in [6, 6.07) is 2.18. The summed E-state index contributed by atoms with van der Waals surface area (Å²) in [5.41, 5.74) is 5.64. The largest absolute Gasteiger partial charge is 0.353 e. The molecule has 20 heavy (non-hydrogen) atoms. The molecule has 2 fully saturated rings. The van der Waals surface area contributed by atoms with Crippen LogP contribution in [0.25, 0.3) is 0 Å². The van der Waals surface area contributed by atoms with Crippen LogP contribution >= 0.6 is 0 Å². The summed E-state index contributed by atoms with van der Waals surface area (Å²) >= 11 is 0. The number of nitrogens with zero attached hydrogens (tertiary/aromatic N) is 2. The van der Waals surface area contributed by atoms with Gasteiger partial charge in [-0.05, 0) is 38.6 Å². The molecule has 3 rings (SSSR count). The number of H-pyrrole nitrogens is 1. The lowest BCUT2D eigenvalue weighted by Gasteiger charge is -2.30. The molecule has 1 aromatic heterocycles. The van der Waals surface area contributed by atoms with Crippen molar-refractivity contribution in [2.75, 3.05) is 18.0 Å². The molecule has 5 heteroatoms. The first-order chi connectivity index (χ1) is 9.78. The van der Waals surface area contributed by atoms with Gasteiger partial charge < -0.3 is 15.6 Å². The molecule has 0 amide bonds. The standard InChI is InChI=1S/C15H24N4O/c16-8-3-9-19(12-4-1-2-5-12)13-10-14(20)18-15(17-13)11-6-7-11/h10-12H,1-9,16H2,(H,17,18,20). The summed E-state index contributed by atoms with van der Waals surface area (Å²) in [4.78, 5) is 21.8. The van der Waals surface area contributed by atoms with Gasteiger partial charge >= 0.3 is 0 Å². The van der Waals surface area contributed by atoms with Gasteiger partial charge in [-0.1, -0.05) is 12.8 Å². The van der Waals surface area contributed by atoms with Crippen LogP contribution in [0.15, 0.2) is 10.9 Å². The second-order valence-electron chi connectivity index (χ2n) is 6.04. The molecule has 2 aliphatic rings. The molecular weight excluding hydrogens is 252 g/mol. The zero-order chi connectivity index (χ0) is 13.9. The summed E-state index contributed by atoms with van der Waals surface area (Å²) in [6.45, 7) is 1.59. The first-order valence-electron chi connectivity index (χ1n) is 7.86. The molecule has 0 radical (unpaired) electrons. The van der Waals surface area contributed by atoms with E-state index < -0.39 is 0 Å². The minimum absolute atomic E-state index is 0.0207. The third kappa shape index (κ3) is 3.03. The molecule has 0 saturated heterocycles. The Morgan fingerprint density at radius 2 is 2.05 bits per heavy atom. The normalized spacial score (nSPS) is 19.4. The van der Waals surface area contributed by atoms with E-state index in [0.717, 1.165) is 37.4 Å². The average molecular weight is 276 g/mol. The predicted molar refractivity (Wildman–Crippen MR) is 80.1 cm³/mol. The number of anilines is 1. The van der Waals surface area contributed by atoms with E-state index in [1.165, 1.54) is 25.7 Å². The molecule has 3 N–H and O–H groups in total. The number of nitrogens with two attached hydrogens (primary N) is 1. The highest BCUT2D eigenvalue weighted by Gasteiger charge is 2.28. The molecule has 5 nitrogen and oxygen atoms in total. The number of hydrogen-bond acceptors (Lipinski definition) is 4. The highest BCUT2D eigenvalue weighted by molar-refractivity contribution is 5.40. The molecular formula is C15H24N4O. The number of nitrogens with one attached hydrogen (secondary N) is 1. The van der Waals surface area contributed by atoms with Crippen LogP contribution in [0.3, 0.4) is 0 Å². The molecule has 0 unspecified atom stereocenters. The zero-order valence-corrected chi connectivity index (χ0v) is 12.0. The monoisotopic (exact) mass is 276 g/mol. The van der Waals surface area contributed by atoms with Crippen LogP contribution in [-0.4, -0.2) is 29.1 Å². The van der Waals surface area contributed by atoms with Crippen molar-refractivity contribution < 1.29 is 0 Å². The SMILES string of the molecule is NCCCN(c1cc(=O)[nH]c(C2CC2)n1)C1CCCC1. The lowest BCUT2D eigenvalue weighted by Crippen LogP contribution is -2.36. The molecule has 110 valence electrons. The van der Waals surface area contributed by atoms with E-state index in [4.69, 9.17) is 10.7 Å². The number of aromatic nitrogens is 2. The lowest BCUT2D eigenvalue weighted by molar-refractivity contribution is 0.584. The Morgan fingerprint density at radius 3 is 2.70 bits per heavy atom. The first kappa shape index (κ1) is 13.6. The summed E-state index contributed by atoms with van der Waals surface area (Å²) in [6.07, 6.45) is 8.22. The van der Waals surface area contributed by atoms with Gasteiger partial charge in [0, 0.05) is 24.6 Å². The fourth-order valence-corrected chi connectivity index (χ4v) is 3.12. The summed E-state index contributed by atoms with van der Waals surface area (Å²) in [5, 5.41) is 0. The maximum absolute atomic E-state index is 11.9. The van der Waals surface area contributed by atoms with Gasteiger partial charge in [-0.2, -0.15) is 0 Å². The second-order valence-corrected chi connectivity index (χ2v) is 6.04. The molecule has 0 aliphatic heterocycles. The number of rotatable bonds is 6. The van der Waals surface area contributed by atoms with Crippen molar-refractivity contribution in [2.45, 2.75) is 56.9 Å². The lowest BCUT2D eigenvalue weighted by atomic mass is 10.2. The van der Waals surface area contributed by atoms with E-state index in [1.54, 1.807) is 6.07 Å². The van der Waals surface area contributed by atoms with E-state index in [1.807, 2.05) is 0 Å². The molecule has 1 aromatic rings. The van der Waals surface area contributed by atoms with Gasteiger partial charge in [0.2, 0.25) is 0 Å². The highest BCUT2D eigenvalue weighted by atomic mass is 16.1. The Hall–Kier alpha value is -1.36. The van der Waals surface area contributed by atoms with Crippen LogP contribution in [0.4, 0.5) is 5.82 Å². The fourth-order valence-electron chi connectivity index (χ4n) is 3.12. The smallest absolute Gasteiger partial charge is 0.252 e. The molecule has 2 saturated carbocycles. The van der Waals surface area contributed by atoms with Gasteiger partial charge in [-0.25, -0.2) is 4.98 Å². The van der Waals surface area contributed by atoms with Gasteiger partial charge in [0.25, 0.3) is 5.56 Å². The maximum Gasteiger partial charge on any atom is 0.252 e. The van der Waals surface area contributed by atoms with E-state index >= 15 is 0 Å². The van der Waals surface area contributed by atoms with Gasteiger partial charge in [-0.15, -0.1) is 0 Å². The molecule has 0 aromatic carbocycles. The molecule has 0 spiro atoms.